The van der Waals surface area contributed by atoms with Crippen molar-refractivity contribution in [1.29, 1.82) is 0 Å². The summed E-state index contributed by atoms with van der Waals surface area (Å²) in [4.78, 5) is 23.3. The fourth-order valence-corrected chi connectivity index (χ4v) is 2.48. The van der Waals surface area contributed by atoms with Gasteiger partial charge in [0.2, 0.25) is 0 Å². The Morgan fingerprint density at radius 2 is 1.95 bits per heavy atom. The molecule has 19 heavy (non-hydrogen) atoms. The van der Waals surface area contributed by atoms with Gasteiger partial charge in [-0.3, -0.25) is 0 Å². The second kappa shape index (κ2) is 5.79. The van der Waals surface area contributed by atoms with Gasteiger partial charge in [0.25, 0.3) is 0 Å². The number of carbonyl (C=O) groups is 1. The first-order valence-electron chi connectivity index (χ1n) is 5.68. The first-order valence-corrected chi connectivity index (χ1v) is 6.66. The van der Waals surface area contributed by atoms with Gasteiger partial charge in [-0.25, -0.2) is 19.7 Å². The van der Waals surface area contributed by atoms with E-state index in [1.54, 1.807) is 12.1 Å². The van der Waals surface area contributed by atoms with Crippen molar-refractivity contribution in [2.24, 2.45) is 0 Å². The molecule has 98 valence electrons. The predicted octanol–water partition coefficient (Wildman–Crippen LogP) is 2.48. The Morgan fingerprint density at radius 1 is 1.26 bits per heavy atom. The number of aromatic nitrogens is 3. The summed E-state index contributed by atoms with van der Waals surface area (Å²) in [6.45, 7) is 3.85. The van der Waals surface area contributed by atoms with Gasteiger partial charge in [-0.2, -0.15) is 0 Å². The van der Waals surface area contributed by atoms with E-state index < -0.39 is 5.97 Å². The third-order valence-corrected chi connectivity index (χ3v) is 3.29. The minimum Gasteiger partial charge on any atom is -0.477 e. The lowest BCUT2D eigenvalue weighted by atomic mass is 10.2. The minimum absolute atomic E-state index is 0.0550. The van der Waals surface area contributed by atoms with Crippen molar-refractivity contribution < 1.29 is 9.90 Å². The van der Waals surface area contributed by atoms with E-state index in [4.69, 9.17) is 5.11 Å². The number of aromatic carboxylic acids is 1. The summed E-state index contributed by atoms with van der Waals surface area (Å²) in [6.07, 6.45) is 1.50. The molecule has 0 saturated heterocycles. The summed E-state index contributed by atoms with van der Waals surface area (Å²) in [7, 11) is 0. The van der Waals surface area contributed by atoms with Crippen molar-refractivity contribution in [2.75, 3.05) is 0 Å². The predicted molar refractivity (Wildman–Crippen MR) is 72.3 cm³/mol. The van der Waals surface area contributed by atoms with E-state index in [1.807, 2.05) is 19.9 Å². The van der Waals surface area contributed by atoms with Crippen LogP contribution in [0.3, 0.4) is 0 Å². The zero-order valence-corrected chi connectivity index (χ0v) is 11.4. The summed E-state index contributed by atoms with van der Waals surface area (Å²) in [6, 6.07) is 5.28. The molecule has 0 saturated carbocycles. The molecule has 0 aliphatic rings. The van der Waals surface area contributed by atoms with E-state index in [0.29, 0.717) is 10.9 Å². The summed E-state index contributed by atoms with van der Waals surface area (Å²) in [5.41, 5.74) is 2.80. The molecule has 0 aliphatic carbocycles. The van der Waals surface area contributed by atoms with Crippen molar-refractivity contribution in [3.05, 3.63) is 47.0 Å². The highest BCUT2D eigenvalue weighted by Gasteiger charge is 2.06. The van der Waals surface area contributed by atoms with Crippen LogP contribution < -0.4 is 0 Å². The van der Waals surface area contributed by atoms with E-state index in [1.165, 1.54) is 18.0 Å². The first kappa shape index (κ1) is 13.5. The van der Waals surface area contributed by atoms with Crippen molar-refractivity contribution in [3.63, 3.8) is 0 Å². The Morgan fingerprint density at radius 3 is 2.58 bits per heavy atom. The molecule has 2 aromatic rings. The fraction of sp³-hybridized carbons (Fsp3) is 0.231. The molecule has 0 bridgehead atoms. The van der Waals surface area contributed by atoms with E-state index in [-0.39, 0.29) is 5.69 Å². The molecule has 0 aromatic carbocycles. The fourth-order valence-electron chi connectivity index (χ4n) is 1.59. The Kier molecular flexibility index (Phi) is 4.11. The molecule has 2 aromatic heterocycles. The van der Waals surface area contributed by atoms with Crippen LogP contribution in [0.2, 0.25) is 0 Å². The number of carboxylic acid groups (broad SMARTS) is 1. The van der Waals surface area contributed by atoms with Crippen LogP contribution in [0.4, 0.5) is 0 Å². The van der Waals surface area contributed by atoms with Gasteiger partial charge < -0.3 is 5.11 Å². The van der Waals surface area contributed by atoms with Crippen LogP contribution in [0.5, 0.6) is 0 Å². The minimum atomic E-state index is -1.02. The SMILES string of the molecule is Cc1cc(C)nc(SCc2ccnc(C(=O)O)c2)n1. The third kappa shape index (κ3) is 3.75. The summed E-state index contributed by atoms with van der Waals surface area (Å²) in [5.74, 6) is -0.402. The van der Waals surface area contributed by atoms with Crippen LogP contribution in [-0.4, -0.2) is 26.0 Å². The average molecular weight is 275 g/mol. The highest BCUT2D eigenvalue weighted by atomic mass is 32.2. The van der Waals surface area contributed by atoms with Gasteiger partial charge in [0, 0.05) is 23.3 Å². The highest BCUT2D eigenvalue weighted by molar-refractivity contribution is 7.98. The van der Waals surface area contributed by atoms with E-state index in [2.05, 4.69) is 15.0 Å². The normalized spacial score (nSPS) is 10.4. The molecular weight excluding hydrogens is 262 g/mol. The number of rotatable bonds is 4. The van der Waals surface area contributed by atoms with Crippen LogP contribution in [0.25, 0.3) is 0 Å². The van der Waals surface area contributed by atoms with Gasteiger partial charge in [0.05, 0.1) is 0 Å². The molecule has 2 heterocycles. The van der Waals surface area contributed by atoms with Crippen LogP contribution >= 0.6 is 11.8 Å². The molecule has 0 spiro atoms. The Hall–Kier alpha value is -1.95. The maximum atomic E-state index is 10.8. The quantitative estimate of drug-likeness (QED) is 0.682. The number of pyridine rings is 1. The van der Waals surface area contributed by atoms with Crippen molar-refractivity contribution in [3.8, 4) is 0 Å². The molecule has 2 rings (SSSR count). The molecule has 1 N–H and O–H groups in total. The molecule has 6 heteroatoms. The molecule has 0 radical (unpaired) electrons. The Bertz CT molecular complexity index is 596. The smallest absolute Gasteiger partial charge is 0.354 e. The summed E-state index contributed by atoms with van der Waals surface area (Å²) < 4.78 is 0. The summed E-state index contributed by atoms with van der Waals surface area (Å²) in [5, 5.41) is 9.57. The van der Waals surface area contributed by atoms with Gasteiger partial charge in [0.15, 0.2) is 5.16 Å². The van der Waals surface area contributed by atoms with Gasteiger partial charge in [-0.1, -0.05) is 11.8 Å². The van der Waals surface area contributed by atoms with Gasteiger partial charge >= 0.3 is 5.97 Å². The number of aryl methyl sites for hydroxylation is 2. The number of hydrogen-bond donors (Lipinski definition) is 1. The molecule has 0 atom stereocenters. The van der Waals surface area contributed by atoms with Crippen molar-refractivity contribution >= 4 is 17.7 Å². The Labute approximate surface area is 115 Å². The van der Waals surface area contributed by atoms with Crippen LogP contribution in [0, 0.1) is 13.8 Å². The number of nitrogens with zero attached hydrogens (tertiary/aromatic N) is 3. The van der Waals surface area contributed by atoms with Crippen LogP contribution in [0.1, 0.15) is 27.4 Å². The van der Waals surface area contributed by atoms with Crippen LogP contribution in [-0.2, 0) is 5.75 Å². The molecular formula is C13H13N3O2S. The lowest BCUT2D eigenvalue weighted by molar-refractivity contribution is 0.0690. The summed E-state index contributed by atoms with van der Waals surface area (Å²) >= 11 is 1.48. The Balaban J connectivity index is 2.10. The topological polar surface area (TPSA) is 76.0 Å². The van der Waals surface area contributed by atoms with Crippen molar-refractivity contribution in [2.45, 2.75) is 24.8 Å². The number of carboxylic acids is 1. The monoisotopic (exact) mass is 275 g/mol. The van der Waals surface area contributed by atoms with Crippen LogP contribution in [0.15, 0.2) is 29.6 Å². The highest BCUT2D eigenvalue weighted by Crippen LogP contribution is 2.20. The van der Waals surface area contributed by atoms with Gasteiger partial charge in [-0.15, -0.1) is 0 Å². The molecule has 0 aliphatic heterocycles. The standard InChI is InChI=1S/C13H13N3O2S/c1-8-5-9(2)16-13(15-8)19-7-10-3-4-14-11(6-10)12(17)18/h3-6H,7H2,1-2H3,(H,17,18). The second-order valence-corrected chi connectivity index (χ2v) is 5.02. The van der Waals surface area contributed by atoms with E-state index >= 15 is 0 Å². The maximum absolute atomic E-state index is 10.8. The lowest BCUT2D eigenvalue weighted by Crippen LogP contribution is -2.00. The molecule has 5 nitrogen and oxygen atoms in total. The molecule has 0 fully saturated rings. The van der Waals surface area contributed by atoms with Gasteiger partial charge in [-0.05, 0) is 37.6 Å². The maximum Gasteiger partial charge on any atom is 0.354 e. The second-order valence-electron chi connectivity index (χ2n) is 4.08. The van der Waals surface area contributed by atoms with E-state index in [9.17, 15) is 4.79 Å². The molecule has 0 unspecified atom stereocenters. The lowest BCUT2D eigenvalue weighted by Gasteiger charge is -2.03. The zero-order valence-electron chi connectivity index (χ0n) is 10.6. The number of hydrogen-bond acceptors (Lipinski definition) is 5. The first-order chi connectivity index (χ1) is 9.04. The average Bonchev–Trinajstić information content (AvgIpc) is 2.35. The third-order valence-electron chi connectivity index (χ3n) is 2.37. The zero-order chi connectivity index (χ0) is 13.8. The van der Waals surface area contributed by atoms with Gasteiger partial charge in [0.1, 0.15) is 5.69 Å². The largest absolute Gasteiger partial charge is 0.477 e. The van der Waals surface area contributed by atoms with Crippen molar-refractivity contribution in [1.82, 2.24) is 15.0 Å². The number of thioether (sulfide) groups is 1. The molecule has 0 amide bonds. The van der Waals surface area contributed by atoms with E-state index in [0.717, 1.165) is 17.0 Å².